The minimum Gasteiger partial charge on any atom is -0.466 e. The SMILES string of the molecule is CCOC(=O)CCCC(C(=O)OC(C)(C)C)N1CCN(CCCCC(NC(=O)OCc2ccccc2)C(=O)OC(C)(C)C)CCN(C(CCCC(=O)OC(C)C)C(=O)OC(C)(C)C)CCN(C(CCCC(=O)OCC)C(=O)OC(C)(C)C)CC1. The second kappa shape index (κ2) is 37.2. The fourth-order valence-electron chi connectivity index (χ4n) is 9.44. The highest BCUT2D eigenvalue weighted by atomic mass is 16.6. The summed E-state index contributed by atoms with van der Waals surface area (Å²) < 4.78 is 45.6. The predicted molar refractivity (Wildman–Crippen MR) is 319 cm³/mol. The number of amides is 1. The van der Waals surface area contributed by atoms with E-state index in [2.05, 4.69) is 10.2 Å². The van der Waals surface area contributed by atoms with Crippen LogP contribution in [-0.2, 0) is 78.1 Å². The number of nitrogens with one attached hydrogen (secondary N) is 1. The molecule has 480 valence electrons. The fourth-order valence-corrected chi connectivity index (χ4v) is 9.44. The van der Waals surface area contributed by atoms with Crippen LogP contribution in [0.25, 0.3) is 0 Å². The first-order chi connectivity index (χ1) is 39.2. The van der Waals surface area contributed by atoms with Gasteiger partial charge < -0.3 is 48.1 Å². The lowest BCUT2D eigenvalue weighted by molar-refractivity contribution is -0.165. The summed E-state index contributed by atoms with van der Waals surface area (Å²) in [5.41, 5.74) is -2.62. The zero-order valence-corrected chi connectivity index (χ0v) is 54.1. The van der Waals surface area contributed by atoms with Gasteiger partial charge in [0.1, 0.15) is 53.2 Å². The molecule has 1 saturated heterocycles. The molecular weight excluding hydrogens is 1080 g/mol. The molecule has 1 fully saturated rings. The Labute approximate surface area is 502 Å². The Kier molecular flexibility index (Phi) is 33.1. The Hall–Kier alpha value is -5.38. The molecule has 1 N–H and O–H groups in total. The number of benzene rings is 1. The van der Waals surface area contributed by atoms with Gasteiger partial charge in [-0.15, -0.1) is 0 Å². The Balaban J connectivity index is 2.82. The number of ether oxygens (including phenoxy) is 8. The first kappa shape index (κ1) is 74.7. The van der Waals surface area contributed by atoms with Gasteiger partial charge >= 0.3 is 47.9 Å². The van der Waals surface area contributed by atoms with Crippen LogP contribution >= 0.6 is 0 Å². The van der Waals surface area contributed by atoms with E-state index in [-0.39, 0.29) is 109 Å². The summed E-state index contributed by atoms with van der Waals surface area (Å²) in [5, 5.41) is 2.74. The minimum absolute atomic E-state index is 0.00975. The van der Waals surface area contributed by atoms with Crippen molar-refractivity contribution in [2.75, 3.05) is 72.1 Å². The molecule has 0 spiro atoms. The molecule has 1 aromatic rings. The van der Waals surface area contributed by atoms with Gasteiger partial charge in [-0.3, -0.25) is 43.5 Å². The second-order valence-electron chi connectivity index (χ2n) is 25.7. The summed E-state index contributed by atoms with van der Waals surface area (Å²) in [5.74, 6) is -3.20. The molecular formula is C63H107N5O16. The molecule has 2 rings (SSSR count). The normalized spacial score (nSPS) is 16.3. The summed E-state index contributed by atoms with van der Waals surface area (Å²) in [7, 11) is 0. The smallest absolute Gasteiger partial charge is 0.408 e. The average Bonchev–Trinajstić information content (AvgIpc) is 3.35. The van der Waals surface area contributed by atoms with E-state index >= 15 is 0 Å². The van der Waals surface area contributed by atoms with Crippen LogP contribution in [0.4, 0.5) is 4.79 Å². The molecule has 1 heterocycles. The molecule has 0 bridgehead atoms. The summed E-state index contributed by atoms with van der Waals surface area (Å²) in [4.78, 5) is 117. The zero-order chi connectivity index (χ0) is 63.3. The van der Waals surface area contributed by atoms with Crippen molar-refractivity contribution in [2.24, 2.45) is 0 Å². The maximum atomic E-state index is 14.6. The van der Waals surface area contributed by atoms with Crippen molar-refractivity contribution >= 4 is 47.9 Å². The molecule has 4 atom stereocenters. The van der Waals surface area contributed by atoms with Gasteiger partial charge in [-0.05, 0) is 181 Å². The number of nitrogens with zero attached hydrogens (tertiary/aromatic N) is 4. The van der Waals surface area contributed by atoms with Crippen LogP contribution in [0, 0.1) is 0 Å². The van der Waals surface area contributed by atoms with Crippen molar-refractivity contribution in [3.63, 3.8) is 0 Å². The third-order valence-corrected chi connectivity index (χ3v) is 13.1. The molecule has 21 heteroatoms. The molecule has 1 aliphatic rings. The van der Waals surface area contributed by atoms with E-state index in [1.807, 2.05) is 45.0 Å². The maximum absolute atomic E-state index is 14.6. The molecule has 1 aliphatic heterocycles. The second-order valence-corrected chi connectivity index (χ2v) is 25.7. The van der Waals surface area contributed by atoms with Gasteiger partial charge in [-0.1, -0.05) is 30.3 Å². The predicted octanol–water partition coefficient (Wildman–Crippen LogP) is 8.73. The quantitative estimate of drug-likeness (QED) is 0.0430. The Morgan fingerprint density at radius 2 is 0.833 bits per heavy atom. The summed E-state index contributed by atoms with van der Waals surface area (Å²) in [6, 6.07) is 5.66. The van der Waals surface area contributed by atoms with Gasteiger partial charge in [0.25, 0.3) is 0 Å². The van der Waals surface area contributed by atoms with E-state index in [1.54, 1.807) is 111 Å². The van der Waals surface area contributed by atoms with Crippen LogP contribution in [0.3, 0.4) is 0 Å². The third kappa shape index (κ3) is 33.3. The lowest BCUT2D eigenvalue weighted by Gasteiger charge is -2.40. The number of esters is 7. The average molecular weight is 1190 g/mol. The van der Waals surface area contributed by atoms with Gasteiger partial charge in [0.15, 0.2) is 0 Å². The Bertz CT molecular complexity index is 2170. The zero-order valence-electron chi connectivity index (χ0n) is 54.1. The number of rotatable bonds is 30. The van der Waals surface area contributed by atoms with Gasteiger partial charge in [0.2, 0.25) is 0 Å². The highest BCUT2D eigenvalue weighted by molar-refractivity contribution is 5.82. The van der Waals surface area contributed by atoms with Crippen LogP contribution < -0.4 is 5.32 Å². The number of carbonyl (C=O) groups is 8. The van der Waals surface area contributed by atoms with E-state index in [0.717, 1.165) is 5.56 Å². The number of carbonyl (C=O) groups excluding carboxylic acids is 8. The lowest BCUT2D eigenvalue weighted by atomic mass is 10.0. The molecule has 0 aromatic heterocycles. The number of hydrogen-bond donors (Lipinski definition) is 1. The maximum Gasteiger partial charge on any atom is 0.408 e. The first-order valence-corrected chi connectivity index (χ1v) is 30.5. The first-order valence-electron chi connectivity index (χ1n) is 30.5. The van der Waals surface area contributed by atoms with Crippen molar-refractivity contribution in [1.29, 1.82) is 0 Å². The summed E-state index contributed by atoms with van der Waals surface area (Å²) >= 11 is 0. The number of unbranched alkanes of at least 4 members (excludes halogenated alkanes) is 1. The van der Waals surface area contributed by atoms with Crippen LogP contribution in [-0.4, -0.2) is 192 Å². The van der Waals surface area contributed by atoms with Crippen molar-refractivity contribution in [3.05, 3.63) is 35.9 Å². The monoisotopic (exact) mass is 1190 g/mol. The minimum atomic E-state index is -1.01. The number of hydrogen-bond acceptors (Lipinski definition) is 20. The van der Waals surface area contributed by atoms with Crippen molar-refractivity contribution in [3.8, 4) is 0 Å². The van der Waals surface area contributed by atoms with E-state index < -0.39 is 82.5 Å². The molecule has 0 radical (unpaired) electrons. The van der Waals surface area contributed by atoms with Gasteiger partial charge in [-0.25, -0.2) is 9.59 Å². The van der Waals surface area contributed by atoms with Crippen molar-refractivity contribution < 1.29 is 76.3 Å². The van der Waals surface area contributed by atoms with Crippen molar-refractivity contribution in [1.82, 2.24) is 24.9 Å². The lowest BCUT2D eigenvalue weighted by Crippen LogP contribution is -2.56. The molecule has 21 nitrogen and oxygen atoms in total. The molecule has 1 aromatic carbocycles. The highest BCUT2D eigenvalue weighted by Gasteiger charge is 2.37. The van der Waals surface area contributed by atoms with Crippen LogP contribution in [0.1, 0.15) is 193 Å². The molecule has 84 heavy (non-hydrogen) atoms. The highest BCUT2D eigenvalue weighted by Crippen LogP contribution is 2.24. The summed E-state index contributed by atoms with van der Waals surface area (Å²) in [6.07, 6.45) is 2.08. The Morgan fingerprint density at radius 1 is 0.464 bits per heavy atom. The molecule has 0 aliphatic carbocycles. The van der Waals surface area contributed by atoms with Crippen LogP contribution in [0.5, 0.6) is 0 Å². The molecule has 1 amide bonds. The van der Waals surface area contributed by atoms with E-state index in [4.69, 9.17) is 37.9 Å². The van der Waals surface area contributed by atoms with E-state index in [9.17, 15) is 38.4 Å². The largest absolute Gasteiger partial charge is 0.466 e. The number of alkyl carbamates (subject to hydrolysis) is 1. The third-order valence-electron chi connectivity index (χ3n) is 13.1. The van der Waals surface area contributed by atoms with Crippen molar-refractivity contribution in [2.45, 2.75) is 247 Å². The summed E-state index contributed by atoms with van der Waals surface area (Å²) in [6.45, 7) is 31.7. The van der Waals surface area contributed by atoms with Gasteiger partial charge in [0.05, 0.1) is 19.3 Å². The standard InChI is InChI=1S/C63H107N5O16/c1-17-77-52(69)33-24-30-49(56(73)82-61(8,9)10)66-39-37-65(36-23-22-29-48(55(72)81-60(5,6)7)64-59(76)79-45-47-27-20-19-21-28-47)38-40-67(50(57(74)83-62(11,12)13)32-26-35-54(71)80-46(3)4)42-44-68(43-41-66)51(58(75)84-63(14,15)16)31-25-34-53(70)78-18-2/h19-21,27-28,46,48-51H,17-18,22-26,29-45H2,1-16H3,(H,64,76). The van der Waals surface area contributed by atoms with Gasteiger partial charge in [0, 0.05) is 71.6 Å². The van der Waals surface area contributed by atoms with E-state index in [1.165, 1.54) is 0 Å². The molecule has 0 saturated carbocycles. The fraction of sp³-hybridized carbons (Fsp3) is 0.778. The van der Waals surface area contributed by atoms with E-state index in [0.29, 0.717) is 64.8 Å². The Morgan fingerprint density at radius 3 is 1.20 bits per heavy atom. The molecule has 4 unspecified atom stereocenters. The topological polar surface area (TPSA) is 235 Å². The van der Waals surface area contributed by atoms with Crippen LogP contribution in [0.2, 0.25) is 0 Å². The van der Waals surface area contributed by atoms with Gasteiger partial charge in [-0.2, -0.15) is 0 Å². The van der Waals surface area contributed by atoms with Crippen LogP contribution in [0.15, 0.2) is 30.3 Å².